The molecule has 1 aromatic rings. The number of nitrogens with zero attached hydrogens (tertiary/aromatic N) is 2. The quantitative estimate of drug-likeness (QED) is 0.838. The minimum atomic E-state index is -3.62. The van der Waals surface area contributed by atoms with E-state index in [0.29, 0.717) is 12.1 Å². The fraction of sp³-hybridized carbons (Fsp3) is 0.625. The topological polar surface area (TPSA) is 40.6 Å². The van der Waals surface area contributed by atoms with E-state index in [0.717, 1.165) is 38.3 Å². The highest BCUT2D eigenvalue weighted by Crippen LogP contribution is 2.33. The largest absolute Gasteiger partial charge is 0.302 e. The first-order valence-electron chi connectivity index (χ1n) is 7.89. The second kappa shape index (κ2) is 5.91. The lowest BCUT2D eigenvalue weighted by atomic mass is 10.1. The predicted molar refractivity (Wildman–Crippen MR) is 83.7 cm³/mol. The van der Waals surface area contributed by atoms with Crippen LogP contribution in [0.3, 0.4) is 0 Å². The van der Waals surface area contributed by atoms with Crippen molar-refractivity contribution in [2.45, 2.75) is 49.6 Å². The van der Waals surface area contributed by atoms with E-state index in [4.69, 9.17) is 0 Å². The zero-order chi connectivity index (χ0) is 15.9. The molecule has 22 heavy (non-hydrogen) atoms. The maximum Gasteiger partial charge on any atom is 0.243 e. The average molecular weight is 326 g/mol. The second-order valence-corrected chi connectivity index (χ2v) is 8.32. The smallest absolute Gasteiger partial charge is 0.243 e. The third-order valence-electron chi connectivity index (χ3n) is 5.04. The summed E-state index contributed by atoms with van der Waals surface area (Å²) in [6, 6.07) is 4.50. The molecule has 4 nitrogen and oxygen atoms in total. The summed E-state index contributed by atoms with van der Waals surface area (Å²) in [4.78, 5) is 2.35. The first kappa shape index (κ1) is 15.9. The molecule has 0 amide bonds. The highest BCUT2D eigenvalue weighted by atomic mass is 32.2. The molecule has 2 aliphatic heterocycles. The summed E-state index contributed by atoms with van der Waals surface area (Å²) in [5, 5.41) is 0. The minimum Gasteiger partial charge on any atom is -0.302 e. The van der Waals surface area contributed by atoms with E-state index >= 15 is 0 Å². The maximum atomic E-state index is 13.8. The Bertz CT molecular complexity index is 662. The Kier molecular flexibility index (Phi) is 4.27. The van der Waals surface area contributed by atoms with Crippen LogP contribution in [-0.2, 0) is 10.0 Å². The third-order valence-corrected chi connectivity index (χ3v) is 6.96. The molecule has 122 valence electrons. The fourth-order valence-corrected chi connectivity index (χ4v) is 5.42. The van der Waals surface area contributed by atoms with Crippen molar-refractivity contribution in [2.75, 3.05) is 20.1 Å². The lowest BCUT2D eigenvalue weighted by Gasteiger charge is -2.30. The number of fused-ring (bicyclic) bond motifs is 1. The molecule has 0 unspecified atom stereocenters. The molecule has 2 fully saturated rings. The van der Waals surface area contributed by atoms with Gasteiger partial charge < -0.3 is 4.90 Å². The van der Waals surface area contributed by atoms with Gasteiger partial charge in [0, 0.05) is 18.6 Å². The highest BCUT2D eigenvalue weighted by molar-refractivity contribution is 7.89. The van der Waals surface area contributed by atoms with Crippen LogP contribution in [0.5, 0.6) is 0 Å². The predicted octanol–water partition coefficient (Wildman–Crippen LogP) is 2.38. The Morgan fingerprint density at radius 3 is 2.64 bits per heavy atom. The number of hydrogen-bond acceptors (Lipinski definition) is 3. The average Bonchev–Trinajstić information content (AvgIpc) is 2.83. The van der Waals surface area contributed by atoms with Crippen LogP contribution in [-0.4, -0.2) is 49.8 Å². The first-order chi connectivity index (χ1) is 10.4. The van der Waals surface area contributed by atoms with Gasteiger partial charge in [0.05, 0.1) is 4.90 Å². The van der Waals surface area contributed by atoms with Crippen molar-refractivity contribution >= 4 is 10.0 Å². The zero-order valence-corrected chi connectivity index (χ0v) is 13.9. The molecule has 0 aliphatic carbocycles. The summed E-state index contributed by atoms with van der Waals surface area (Å²) in [5.74, 6) is -0.463. The summed E-state index contributed by atoms with van der Waals surface area (Å²) in [7, 11) is -1.55. The van der Waals surface area contributed by atoms with E-state index in [1.54, 1.807) is 11.2 Å². The summed E-state index contributed by atoms with van der Waals surface area (Å²) in [6.45, 7) is 3.18. The van der Waals surface area contributed by atoms with Crippen LogP contribution in [0.25, 0.3) is 0 Å². The molecule has 0 spiro atoms. The molecule has 2 heterocycles. The number of hydrogen-bond donors (Lipinski definition) is 0. The number of halogens is 1. The van der Waals surface area contributed by atoms with Gasteiger partial charge in [0.2, 0.25) is 10.0 Å². The van der Waals surface area contributed by atoms with Gasteiger partial charge in [-0.15, -0.1) is 0 Å². The van der Waals surface area contributed by atoms with Crippen molar-refractivity contribution < 1.29 is 12.8 Å². The number of aryl methyl sites for hydroxylation is 1. The van der Waals surface area contributed by atoms with Gasteiger partial charge in [-0.2, -0.15) is 4.31 Å². The van der Waals surface area contributed by atoms with Gasteiger partial charge in [0.25, 0.3) is 0 Å². The number of likely N-dealkylation sites (tertiary alicyclic amines) is 1. The van der Waals surface area contributed by atoms with Crippen LogP contribution in [0, 0.1) is 12.7 Å². The lowest BCUT2D eigenvalue weighted by molar-refractivity contribution is 0.219. The van der Waals surface area contributed by atoms with Crippen molar-refractivity contribution in [1.82, 2.24) is 9.21 Å². The van der Waals surface area contributed by atoms with Crippen LogP contribution in [0.4, 0.5) is 4.39 Å². The monoisotopic (exact) mass is 326 g/mol. The van der Waals surface area contributed by atoms with Crippen molar-refractivity contribution in [3.05, 3.63) is 29.6 Å². The van der Waals surface area contributed by atoms with E-state index in [2.05, 4.69) is 11.9 Å². The summed E-state index contributed by atoms with van der Waals surface area (Å²) in [6.07, 6.45) is 3.90. The van der Waals surface area contributed by atoms with Crippen LogP contribution >= 0.6 is 0 Å². The van der Waals surface area contributed by atoms with Crippen LogP contribution in [0.1, 0.15) is 31.2 Å². The minimum absolute atomic E-state index is 0.0156. The zero-order valence-electron chi connectivity index (χ0n) is 13.1. The SMILES string of the molecule is Cc1ccc(S(=O)(=O)N2CC[C@@H]3[C@H]2CCCCN3C)cc1F. The molecule has 1 aromatic carbocycles. The van der Waals surface area contributed by atoms with Gasteiger partial charge in [0.1, 0.15) is 5.82 Å². The molecular formula is C16H23FN2O2S. The summed E-state index contributed by atoms with van der Waals surface area (Å²) < 4.78 is 41.2. The third kappa shape index (κ3) is 2.68. The van der Waals surface area contributed by atoms with E-state index in [9.17, 15) is 12.8 Å². The molecule has 2 atom stereocenters. The molecule has 0 saturated carbocycles. The van der Waals surface area contributed by atoms with Crippen LogP contribution in [0.15, 0.2) is 23.1 Å². The summed E-state index contributed by atoms with van der Waals surface area (Å²) >= 11 is 0. The Balaban J connectivity index is 1.93. The Labute approximate surface area is 132 Å². The molecule has 0 aromatic heterocycles. The van der Waals surface area contributed by atoms with Gasteiger partial charge in [0.15, 0.2) is 0 Å². The molecular weight excluding hydrogens is 303 g/mol. The summed E-state index contributed by atoms with van der Waals surface area (Å²) in [5.41, 5.74) is 0.465. The standard InChI is InChI=1S/C16H23FN2O2S/c1-12-6-7-13(11-14(12)17)22(20,21)19-10-8-15-16(19)5-3-4-9-18(15)2/h6-7,11,15-16H,3-5,8-10H2,1-2H3/t15-,16-/m1/s1. The van der Waals surface area contributed by atoms with Gasteiger partial charge in [-0.25, -0.2) is 12.8 Å². The molecule has 0 N–H and O–H groups in total. The van der Waals surface area contributed by atoms with Crippen molar-refractivity contribution in [1.29, 1.82) is 0 Å². The molecule has 6 heteroatoms. The van der Waals surface area contributed by atoms with Crippen molar-refractivity contribution in [3.8, 4) is 0 Å². The maximum absolute atomic E-state index is 13.8. The Hall–Kier alpha value is -0.980. The van der Waals surface area contributed by atoms with Gasteiger partial charge in [-0.3, -0.25) is 0 Å². The van der Waals surface area contributed by atoms with Crippen LogP contribution in [0.2, 0.25) is 0 Å². The Morgan fingerprint density at radius 2 is 1.91 bits per heavy atom. The number of likely N-dealkylation sites (N-methyl/N-ethyl adjacent to an activating group) is 1. The normalized spacial score (nSPS) is 27.6. The first-order valence-corrected chi connectivity index (χ1v) is 9.33. The van der Waals surface area contributed by atoms with Gasteiger partial charge >= 0.3 is 0 Å². The van der Waals surface area contributed by atoms with E-state index in [1.807, 2.05) is 0 Å². The number of sulfonamides is 1. The molecule has 2 saturated heterocycles. The number of benzene rings is 1. The van der Waals surface area contributed by atoms with Gasteiger partial charge in [-0.1, -0.05) is 12.5 Å². The van der Waals surface area contributed by atoms with Crippen LogP contribution < -0.4 is 0 Å². The molecule has 0 radical (unpaired) electrons. The molecule has 3 rings (SSSR count). The number of rotatable bonds is 2. The lowest BCUT2D eigenvalue weighted by Crippen LogP contribution is -2.44. The van der Waals surface area contributed by atoms with E-state index in [1.165, 1.54) is 12.1 Å². The molecule has 2 aliphatic rings. The van der Waals surface area contributed by atoms with Crippen molar-refractivity contribution in [3.63, 3.8) is 0 Å². The van der Waals surface area contributed by atoms with Crippen molar-refractivity contribution in [2.24, 2.45) is 0 Å². The Morgan fingerprint density at radius 1 is 1.14 bits per heavy atom. The highest BCUT2D eigenvalue weighted by Gasteiger charge is 2.43. The van der Waals surface area contributed by atoms with E-state index in [-0.39, 0.29) is 17.0 Å². The second-order valence-electron chi connectivity index (χ2n) is 6.43. The molecule has 0 bridgehead atoms. The fourth-order valence-electron chi connectivity index (χ4n) is 3.71. The van der Waals surface area contributed by atoms with Gasteiger partial charge in [-0.05, 0) is 57.5 Å². The van der Waals surface area contributed by atoms with E-state index < -0.39 is 15.8 Å².